The van der Waals surface area contributed by atoms with Crippen LogP contribution in [0.1, 0.15) is 15.9 Å². The summed E-state index contributed by atoms with van der Waals surface area (Å²) in [5.74, 6) is -0.863. The van der Waals surface area contributed by atoms with Crippen LogP contribution in [-0.2, 0) is 11.2 Å². The van der Waals surface area contributed by atoms with Crippen LogP contribution in [0.25, 0.3) is 4.85 Å². The largest absolute Gasteiger partial charge is 0.437 e. The highest BCUT2D eigenvalue weighted by Gasteiger charge is 2.55. The zero-order chi connectivity index (χ0) is 18.2. The lowest BCUT2D eigenvalue weighted by Gasteiger charge is -2.21. The van der Waals surface area contributed by atoms with Crippen molar-refractivity contribution in [2.75, 3.05) is 11.9 Å². The first-order chi connectivity index (χ1) is 11.9. The molecule has 1 aliphatic heterocycles. The predicted octanol–water partition coefficient (Wildman–Crippen LogP) is 3.55. The van der Waals surface area contributed by atoms with E-state index in [-0.39, 0.29) is 6.42 Å². The summed E-state index contributed by atoms with van der Waals surface area (Å²) in [4.78, 5) is 30.9. The Morgan fingerprint density at radius 2 is 1.92 bits per heavy atom. The van der Waals surface area contributed by atoms with Gasteiger partial charge in [0.15, 0.2) is 0 Å². The smallest absolute Gasteiger partial charge is 0.306 e. The van der Waals surface area contributed by atoms with E-state index in [1.165, 1.54) is 11.0 Å². The summed E-state index contributed by atoms with van der Waals surface area (Å²) in [5.41, 5.74) is 0.0154. The van der Waals surface area contributed by atoms with Crippen LogP contribution >= 0.6 is 34.2 Å². The van der Waals surface area contributed by atoms with Crippen LogP contribution in [0.15, 0.2) is 42.5 Å². The molecule has 2 aromatic carbocycles. The Balaban J connectivity index is 2.07. The molecule has 3 rings (SSSR count). The fraction of sp³-hybridized carbons (Fsp3) is 0.167. The number of carbonyl (C=O) groups is 2. The molecule has 0 aromatic heterocycles. The van der Waals surface area contributed by atoms with E-state index in [9.17, 15) is 9.59 Å². The molecular formula is C18H14ClIN3O2+. The molecule has 25 heavy (non-hydrogen) atoms. The first-order valence-corrected chi connectivity index (χ1v) is 8.89. The second-order valence-corrected chi connectivity index (χ2v) is 7.45. The molecule has 7 heteroatoms. The van der Waals surface area contributed by atoms with Crippen molar-refractivity contribution >= 4 is 51.7 Å². The van der Waals surface area contributed by atoms with Crippen LogP contribution < -0.4 is 10.2 Å². The maximum atomic E-state index is 13.1. The van der Waals surface area contributed by atoms with Crippen molar-refractivity contribution in [1.29, 1.82) is 0 Å². The van der Waals surface area contributed by atoms with Gasteiger partial charge in [0.2, 0.25) is 0 Å². The normalized spacial score (nSPS) is 19.7. The molecular weight excluding hydrogens is 453 g/mol. The Morgan fingerprint density at radius 1 is 1.24 bits per heavy atom. The van der Waals surface area contributed by atoms with Crippen molar-refractivity contribution in [2.24, 2.45) is 0 Å². The molecule has 126 valence electrons. The average Bonchev–Trinajstić information content (AvgIpc) is 2.67. The fourth-order valence-electron chi connectivity index (χ4n) is 2.83. The second kappa shape index (κ2) is 6.65. The molecule has 1 heterocycles. The Hall–Kier alpha value is -2.11. The van der Waals surface area contributed by atoms with Crippen molar-refractivity contribution < 1.29 is 9.59 Å². The number of anilines is 1. The molecule has 1 atom stereocenters. The fourth-order valence-corrected chi connectivity index (χ4v) is 3.36. The predicted molar refractivity (Wildman–Crippen MR) is 106 cm³/mol. The number of benzene rings is 2. The molecule has 0 radical (unpaired) electrons. The molecule has 2 aromatic rings. The standard InChI is InChI=1S/C18H13ClIN3O2/c1-21-18(10-11-3-6-13(20)7-4-11)17(25)23(2)15-8-5-12(19)9-14(15)16(24)22-18/h1,3-9H,10H2,2H3/p+1/t18-/m1/s1. The maximum absolute atomic E-state index is 13.1. The third-order valence-electron chi connectivity index (χ3n) is 4.14. The van der Waals surface area contributed by atoms with Gasteiger partial charge in [-0.05, 0) is 63.3 Å². The van der Waals surface area contributed by atoms with Gasteiger partial charge in [-0.3, -0.25) is 14.9 Å². The number of nitrogens with zero attached hydrogens (tertiary/aromatic N) is 2. The SMILES string of the molecule is C#[N+][C@]1(Cc2ccc(I)cc2)NC(=O)c2cc(Cl)ccc2N(C)C1=O. The summed E-state index contributed by atoms with van der Waals surface area (Å²) in [6, 6.07) is 12.4. The molecule has 5 nitrogen and oxygen atoms in total. The highest BCUT2D eigenvalue weighted by molar-refractivity contribution is 14.1. The Kier molecular flexibility index (Phi) is 4.71. The van der Waals surface area contributed by atoms with Crippen LogP contribution in [0.2, 0.25) is 5.02 Å². The number of likely N-dealkylation sites (N-methyl/N-ethyl adjacent to an activating group) is 1. The summed E-state index contributed by atoms with van der Waals surface area (Å²) in [5, 5.41) is 3.09. The van der Waals surface area contributed by atoms with E-state index >= 15 is 0 Å². The molecule has 0 bridgehead atoms. The van der Waals surface area contributed by atoms with Gasteiger partial charge in [0, 0.05) is 15.6 Å². The van der Waals surface area contributed by atoms with Crippen LogP contribution in [0, 0.1) is 10.1 Å². The minimum absolute atomic E-state index is 0.150. The van der Waals surface area contributed by atoms with Gasteiger partial charge >= 0.3 is 11.6 Å². The van der Waals surface area contributed by atoms with Crippen molar-refractivity contribution in [1.82, 2.24) is 5.32 Å². The summed E-state index contributed by atoms with van der Waals surface area (Å²) < 4.78 is 1.07. The number of hydrogen-bond donors (Lipinski definition) is 1. The molecule has 0 fully saturated rings. The van der Waals surface area contributed by atoms with Crippen LogP contribution in [0.3, 0.4) is 0 Å². The maximum Gasteiger partial charge on any atom is 0.437 e. The van der Waals surface area contributed by atoms with E-state index in [0.717, 1.165) is 9.13 Å². The molecule has 2 amide bonds. The molecule has 0 saturated carbocycles. The summed E-state index contributed by atoms with van der Waals surface area (Å²) in [6.45, 7) is 5.60. The van der Waals surface area contributed by atoms with Crippen molar-refractivity contribution in [3.05, 3.63) is 67.0 Å². The second-order valence-electron chi connectivity index (χ2n) is 5.77. The first kappa shape index (κ1) is 17.7. The van der Waals surface area contributed by atoms with Crippen LogP contribution in [0.5, 0.6) is 0 Å². The van der Waals surface area contributed by atoms with Crippen LogP contribution in [0.4, 0.5) is 5.69 Å². The minimum atomic E-state index is -1.58. The third kappa shape index (κ3) is 3.22. The van der Waals surface area contributed by atoms with E-state index in [1.54, 1.807) is 19.2 Å². The average molecular weight is 467 g/mol. The zero-order valence-electron chi connectivity index (χ0n) is 13.3. The lowest BCUT2D eigenvalue weighted by molar-refractivity contribution is -0.122. The Bertz CT molecular complexity index is 908. The number of hydrogen-bond acceptors (Lipinski definition) is 2. The number of nitrogens with one attached hydrogen (secondary N) is 1. The van der Waals surface area contributed by atoms with E-state index in [0.29, 0.717) is 16.3 Å². The van der Waals surface area contributed by atoms with Gasteiger partial charge < -0.3 is 4.90 Å². The summed E-state index contributed by atoms with van der Waals surface area (Å²) in [6.07, 6.45) is 0.150. The number of fused-ring (bicyclic) bond motifs is 1. The van der Waals surface area contributed by atoms with Crippen molar-refractivity contribution in [3.8, 4) is 6.57 Å². The third-order valence-corrected chi connectivity index (χ3v) is 5.09. The van der Waals surface area contributed by atoms with Crippen molar-refractivity contribution in [3.63, 3.8) is 0 Å². The minimum Gasteiger partial charge on any atom is -0.306 e. The van der Waals surface area contributed by atoms with Crippen molar-refractivity contribution in [2.45, 2.75) is 12.1 Å². The van der Waals surface area contributed by atoms with Gasteiger partial charge in [-0.2, -0.15) is 0 Å². The highest BCUT2D eigenvalue weighted by Crippen LogP contribution is 2.31. The summed E-state index contributed by atoms with van der Waals surface area (Å²) in [7, 11) is 1.59. The van der Waals surface area contributed by atoms with Gasteiger partial charge in [-0.1, -0.05) is 23.7 Å². The number of carbonyl (C=O) groups excluding carboxylic acids is 2. The Morgan fingerprint density at radius 3 is 2.56 bits per heavy atom. The van der Waals surface area contributed by atoms with Gasteiger partial charge in [0.1, 0.15) is 0 Å². The van der Waals surface area contributed by atoms with Gasteiger partial charge in [-0.25, -0.2) is 0 Å². The van der Waals surface area contributed by atoms with Gasteiger partial charge in [0.25, 0.3) is 12.5 Å². The lowest BCUT2D eigenvalue weighted by Crippen LogP contribution is -2.56. The molecule has 0 unspecified atom stereocenters. The first-order valence-electron chi connectivity index (χ1n) is 7.43. The topological polar surface area (TPSA) is 53.8 Å². The van der Waals surface area contributed by atoms with E-state index in [4.69, 9.17) is 18.2 Å². The number of rotatable bonds is 2. The molecule has 1 aliphatic rings. The lowest BCUT2D eigenvalue weighted by atomic mass is 9.98. The zero-order valence-corrected chi connectivity index (χ0v) is 16.2. The number of amides is 2. The van der Waals surface area contributed by atoms with E-state index in [2.05, 4.69) is 32.8 Å². The number of halogens is 2. The monoisotopic (exact) mass is 466 g/mol. The quantitative estimate of drug-likeness (QED) is 0.688. The van der Waals surface area contributed by atoms with E-state index < -0.39 is 17.5 Å². The van der Waals surface area contributed by atoms with Gasteiger partial charge in [-0.15, -0.1) is 0 Å². The van der Waals surface area contributed by atoms with Crippen LogP contribution in [-0.4, -0.2) is 24.5 Å². The molecule has 0 aliphatic carbocycles. The molecule has 0 saturated heterocycles. The molecule has 0 spiro atoms. The van der Waals surface area contributed by atoms with E-state index in [1.807, 2.05) is 24.3 Å². The van der Waals surface area contributed by atoms with Gasteiger partial charge in [0.05, 0.1) is 17.7 Å². The Labute approximate surface area is 163 Å². The summed E-state index contributed by atoms with van der Waals surface area (Å²) >= 11 is 8.19. The highest BCUT2D eigenvalue weighted by atomic mass is 127. The molecule has 1 N–H and O–H groups in total.